The number of halogens is 2. The third kappa shape index (κ3) is 2.11. The summed E-state index contributed by atoms with van der Waals surface area (Å²) in [5, 5.41) is 5.24. The number of nitrogens with one attached hydrogen (secondary N) is 1. The van der Waals surface area contributed by atoms with Crippen LogP contribution in [0.3, 0.4) is 0 Å². The van der Waals surface area contributed by atoms with Gasteiger partial charge < -0.3 is 5.32 Å². The van der Waals surface area contributed by atoms with Gasteiger partial charge in [-0.05, 0) is 24.8 Å². The first-order chi connectivity index (χ1) is 8.94. The van der Waals surface area contributed by atoms with E-state index in [1.165, 1.54) is 0 Å². The number of carbonyl (C=O) groups excluding carboxylic acids is 1. The minimum absolute atomic E-state index is 0.0394. The average Bonchev–Trinajstić information content (AvgIpc) is 2.90. The summed E-state index contributed by atoms with van der Waals surface area (Å²) in [6.45, 7) is 1.96. The molecule has 1 N–H and O–H groups in total. The summed E-state index contributed by atoms with van der Waals surface area (Å²) in [6, 6.07) is 14.0. The lowest BCUT2D eigenvalue weighted by Crippen LogP contribution is -2.25. The van der Waals surface area contributed by atoms with Crippen LogP contribution in [0.5, 0.6) is 0 Å². The quantitative estimate of drug-likeness (QED) is 0.751. The molecule has 2 aromatic rings. The molecule has 0 spiro atoms. The van der Waals surface area contributed by atoms with Crippen molar-refractivity contribution in [2.24, 2.45) is 5.41 Å². The molecule has 0 aliphatic heterocycles. The van der Waals surface area contributed by atoms with Crippen LogP contribution in [-0.2, 0) is 4.79 Å². The lowest BCUT2D eigenvalue weighted by Gasteiger charge is -2.14. The number of rotatable bonds is 2. The Labute approximate surface area is 128 Å². The maximum Gasteiger partial charge on any atom is 0.232 e. The predicted molar refractivity (Wildman–Crippen MR) is 85.9 cm³/mol. The van der Waals surface area contributed by atoms with Gasteiger partial charge in [-0.1, -0.05) is 68.3 Å². The third-order valence-corrected chi connectivity index (χ3v) is 6.11. The van der Waals surface area contributed by atoms with E-state index in [0.29, 0.717) is 0 Å². The van der Waals surface area contributed by atoms with Crippen LogP contribution in [-0.4, -0.2) is 9.14 Å². The summed E-state index contributed by atoms with van der Waals surface area (Å²) in [4.78, 5) is 12.4. The fourth-order valence-corrected chi connectivity index (χ4v) is 3.72. The van der Waals surface area contributed by atoms with E-state index in [2.05, 4.69) is 37.2 Å². The number of hydrogen-bond acceptors (Lipinski definition) is 1. The molecule has 0 bridgehead atoms. The highest BCUT2D eigenvalue weighted by Crippen LogP contribution is 2.66. The second kappa shape index (κ2) is 4.32. The number of hydrogen-bond donors (Lipinski definition) is 1. The smallest absolute Gasteiger partial charge is 0.232 e. The van der Waals surface area contributed by atoms with Gasteiger partial charge in [0.1, 0.15) is 0 Å². The first-order valence-electron chi connectivity index (χ1n) is 6.11. The highest BCUT2D eigenvalue weighted by atomic mass is 79.9. The highest BCUT2D eigenvalue weighted by Gasteiger charge is 2.66. The maximum absolute atomic E-state index is 12.4. The molecule has 0 unspecified atom stereocenters. The van der Waals surface area contributed by atoms with Crippen LogP contribution in [0.4, 0.5) is 5.69 Å². The third-order valence-electron chi connectivity index (χ3n) is 3.80. The van der Waals surface area contributed by atoms with Crippen molar-refractivity contribution >= 4 is 54.2 Å². The molecule has 19 heavy (non-hydrogen) atoms. The largest absolute Gasteiger partial charge is 0.325 e. The zero-order chi connectivity index (χ0) is 13.7. The van der Waals surface area contributed by atoms with Crippen LogP contribution in [0.1, 0.15) is 13.3 Å². The van der Waals surface area contributed by atoms with Crippen molar-refractivity contribution in [3.8, 4) is 0 Å². The summed E-state index contributed by atoms with van der Waals surface area (Å²) in [7, 11) is 0. The SMILES string of the molecule is C[C@]1(C(=O)Nc2cccc3ccccc23)CC1(Br)Br. The van der Waals surface area contributed by atoms with Gasteiger partial charge in [-0.15, -0.1) is 0 Å². The van der Waals surface area contributed by atoms with E-state index < -0.39 is 5.41 Å². The van der Waals surface area contributed by atoms with Gasteiger partial charge in [0.15, 0.2) is 0 Å². The van der Waals surface area contributed by atoms with Crippen LogP contribution >= 0.6 is 31.9 Å². The highest BCUT2D eigenvalue weighted by molar-refractivity contribution is 9.25. The zero-order valence-corrected chi connectivity index (χ0v) is 13.6. The Bertz CT molecular complexity index is 663. The monoisotopic (exact) mass is 381 g/mol. The molecule has 1 fully saturated rings. The topological polar surface area (TPSA) is 29.1 Å². The molecular formula is C15H13Br2NO. The predicted octanol–water partition coefficient (Wildman–Crippen LogP) is 4.67. The molecule has 0 heterocycles. The molecule has 98 valence electrons. The van der Waals surface area contributed by atoms with Crippen molar-refractivity contribution in [3.63, 3.8) is 0 Å². The van der Waals surface area contributed by atoms with Crippen LogP contribution in [0.25, 0.3) is 10.8 Å². The van der Waals surface area contributed by atoms with Gasteiger partial charge in [-0.3, -0.25) is 4.79 Å². The molecule has 1 atom stereocenters. The van der Waals surface area contributed by atoms with E-state index in [1.54, 1.807) is 0 Å². The zero-order valence-electron chi connectivity index (χ0n) is 10.4. The van der Waals surface area contributed by atoms with Gasteiger partial charge in [0.2, 0.25) is 5.91 Å². The summed E-state index contributed by atoms with van der Waals surface area (Å²) in [5.41, 5.74) is 0.469. The lowest BCUT2D eigenvalue weighted by molar-refractivity contribution is -0.120. The van der Waals surface area contributed by atoms with E-state index in [4.69, 9.17) is 0 Å². The Morgan fingerprint density at radius 3 is 2.47 bits per heavy atom. The molecule has 2 aromatic carbocycles. The molecule has 3 rings (SSSR count). The second-order valence-corrected chi connectivity index (χ2v) is 8.97. The van der Waals surface area contributed by atoms with Crippen molar-refractivity contribution in [1.29, 1.82) is 0 Å². The van der Waals surface area contributed by atoms with E-state index in [9.17, 15) is 4.79 Å². The Kier molecular flexibility index (Phi) is 2.98. The molecule has 1 aliphatic rings. The van der Waals surface area contributed by atoms with Gasteiger partial charge in [0, 0.05) is 11.1 Å². The summed E-state index contributed by atoms with van der Waals surface area (Å²) < 4.78 is -0.262. The first-order valence-corrected chi connectivity index (χ1v) is 7.70. The molecule has 1 saturated carbocycles. The Hall–Kier alpha value is -0.870. The minimum Gasteiger partial charge on any atom is -0.325 e. The molecule has 4 heteroatoms. The molecule has 0 saturated heterocycles. The van der Waals surface area contributed by atoms with E-state index in [1.807, 2.05) is 49.4 Å². The van der Waals surface area contributed by atoms with Gasteiger partial charge in [0.05, 0.1) is 8.65 Å². The van der Waals surface area contributed by atoms with Crippen LogP contribution in [0.15, 0.2) is 42.5 Å². The van der Waals surface area contributed by atoms with Crippen molar-refractivity contribution in [1.82, 2.24) is 0 Å². The fourth-order valence-electron chi connectivity index (χ4n) is 2.24. The standard InChI is InChI=1S/C15H13Br2NO/c1-14(9-15(14,16)17)13(19)18-12-8-4-6-10-5-2-3-7-11(10)12/h2-8H,9H2,1H3,(H,18,19)/t14-/m1/s1. The minimum atomic E-state index is -0.399. The fraction of sp³-hybridized carbons (Fsp3) is 0.267. The van der Waals surface area contributed by atoms with Gasteiger partial charge in [0.25, 0.3) is 0 Å². The van der Waals surface area contributed by atoms with Crippen LogP contribution in [0.2, 0.25) is 0 Å². The molecule has 0 aromatic heterocycles. The molecule has 0 radical (unpaired) electrons. The number of fused-ring (bicyclic) bond motifs is 1. The van der Waals surface area contributed by atoms with Crippen molar-refractivity contribution in [2.75, 3.05) is 5.32 Å². The molecule has 1 amide bonds. The Balaban J connectivity index is 1.93. The van der Waals surface area contributed by atoms with Crippen molar-refractivity contribution in [3.05, 3.63) is 42.5 Å². The summed E-state index contributed by atoms with van der Waals surface area (Å²) >= 11 is 7.06. The van der Waals surface area contributed by atoms with Crippen LogP contribution in [0, 0.1) is 5.41 Å². The normalized spacial score (nSPS) is 24.2. The Morgan fingerprint density at radius 2 is 1.79 bits per heavy atom. The summed E-state index contributed by atoms with van der Waals surface area (Å²) in [6.07, 6.45) is 0.788. The number of benzene rings is 2. The van der Waals surface area contributed by atoms with Crippen LogP contribution < -0.4 is 5.32 Å². The summed E-state index contributed by atoms with van der Waals surface area (Å²) in [5.74, 6) is 0.0394. The Morgan fingerprint density at radius 1 is 1.16 bits per heavy atom. The number of anilines is 1. The van der Waals surface area contributed by atoms with Gasteiger partial charge in [-0.25, -0.2) is 0 Å². The second-order valence-electron chi connectivity index (χ2n) is 5.19. The average molecular weight is 383 g/mol. The van der Waals surface area contributed by atoms with E-state index in [0.717, 1.165) is 22.9 Å². The first kappa shape index (κ1) is 13.1. The number of carbonyl (C=O) groups is 1. The number of amides is 1. The molecule has 2 nitrogen and oxygen atoms in total. The van der Waals surface area contributed by atoms with Crippen molar-refractivity contribution in [2.45, 2.75) is 16.6 Å². The lowest BCUT2D eigenvalue weighted by atomic mass is 10.1. The van der Waals surface area contributed by atoms with Gasteiger partial charge in [-0.2, -0.15) is 0 Å². The van der Waals surface area contributed by atoms with E-state index in [-0.39, 0.29) is 9.14 Å². The maximum atomic E-state index is 12.4. The van der Waals surface area contributed by atoms with Crippen molar-refractivity contribution < 1.29 is 4.79 Å². The number of alkyl halides is 2. The molecular weight excluding hydrogens is 370 g/mol. The molecule has 1 aliphatic carbocycles. The van der Waals surface area contributed by atoms with Gasteiger partial charge >= 0.3 is 0 Å². The van der Waals surface area contributed by atoms with E-state index >= 15 is 0 Å².